The molecule has 0 radical (unpaired) electrons. The Balaban J connectivity index is 2.06. The Kier molecular flexibility index (Phi) is 4.33. The van der Waals surface area contributed by atoms with E-state index in [4.69, 9.17) is 0 Å². The summed E-state index contributed by atoms with van der Waals surface area (Å²) >= 11 is 0.650. The molecule has 0 spiro atoms. The number of rotatable bonds is 3. The summed E-state index contributed by atoms with van der Waals surface area (Å²) in [6.07, 6.45) is -3.08. The van der Waals surface area contributed by atoms with Crippen LogP contribution in [-0.4, -0.2) is 18.4 Å². The van der Waals surface area contributed by atoms with Gasteiger partial charge in [-0.3, -0.25) is 0 Å². The van der Waals surface area contributed by atoms with Crippen molar-refractivity contribution in [3.63, 3.8) is 0 Å². The molecule has 0 amide bonds. The first-order valence-electron chi connectivity index (χ1n) is 6.67. The number of hydrogen-bond donors (Lipinski definition) is 0. The molecule has 0 atom stereocenters. The molecule has 0 fully saturated rings. The van der Waals surface area contributed by atoms with Gasteiger partial charge in [-0.15, -0.1) is 11.3 Å². The molecule has 0 saturated heterocycles. The van der Waals surface area contributed by atoms with E-state index in [9.17, 15) is 26.0 Å². The molecule has 0 N–H and O–H groups in total. The average molecular weight is 388 g/mol. The van der Waals surface area contributed by atoms with Crippen LogP contribution in [0.4, 0.5) is 17.6 Å². The molecule has 3 aromatic rings. The van der Waals surface area contributed by atoms with Crippen molar-refractivity contribution in [3.8, 4) is 10.6 Å². The number of nitrogens with zero attached hydrogens (tertiary/aromatic N) is 2. The molecular formula is C15H8F4N2O2S2. The van der Waals surface area contributed by atoms with Gasteiger partial charge in [0.2, 0.25) is 9.84 Å². The molecule has 1 aromatic carbocycles. The van der Waals surface area contributed by atoms with Gasteiger partial charge in [0.1, 0.15) is 21.9 Å². The molecule has 0 saturated carbocycles. The van der Waals surface area contributed by atoms with E-state index in [0.29, 0.717) is 17.5 Å². The van der Waals surface area contributed by atoms with E-state index in [1.165, 1.54) is 12.1 Å². The van der Waals surface area contributed by atoms with Gasteiger partial charge in [0.25, 0.3) is 0 Å². The van der Waals surface area contributed by atoms with Crippen LogP contribution >= 0.6 is 11.3 Å². The molecule has 130 valence electrons. The largest absolute Gasteiger partial charge is 0.420 e. The predicted octanol–water partition coefficient (Wildman–Crippen LogP) is 4.20. The fraction of sp³-hybridized carbons (Fsp3) is 0.0667. The van der Waals surface area contributed by atoms with E-state index in [1.807, 2.05) is 0 Å². The Morgan fingerprint density at radius 1 is 1.00 bits per heavy atom. The highest BCUT2D eigenvalue weighted by atomic mass is 32.2. The van der Waals surface area contributed by atoms with E-state index in [2.05, 4.69) is 9.97 Å². The fourth-order valence-corrected chi connectivity index (χ4v) is 4.77. The van der Waals surface area contributed by atoms with Crippen molar-refractivity contribution in [3.05, 3.63) is 60.3 Å². The summed E-state index contributed by atoms with van der Waals surface area (Å²) in [6, 6.07) is 6.62. The van der Waals surface area contributed by atoms with Crippen molar-refractivity contribution in [2.75, 3.05) is 0 Å². The lowest BCUT2D eigenvalue weighted by molar-refractivity contribution is -0.137. The van der Waals surface area contributed by atoms with Crippen LogP contribution in [0.1, 0.15) is 5.56 Å². The third-order valence-corrected chi connectivity index (χ3v) is 6.57. The second kappa shape index (κ2) is 6.19. The number of aromatic nitrogens is 2. The van der Waals surface area contributed by atoms with Gasteiger partial charge in [-0.05, 0) is 36.4 Å². The number of thiophene rings is 1. The molecule has 10 heteroatoms. The second-order valence-corrected chi connectivity index (χ2v) is 8.12. The summed E-state index contributed by atoms with van der Waals surface area (Å²) in [7, 11) is -3.96. The summed E-state index contributed by atoms with van der Waals surface area (Å²) in [6.45, 7) is 0. The topological polar surface area (TPSA) is 59.9 Å². The van der Waals surface area contributed by atoms with Crippen LogP contribution in [0.5, 0.6) is 0 Å². The maximum atomic E-state index is 13.0. The Morgan fingerprint density at radius 3 is 2.32 bits per heavy atom. The Labute approximate surface area is 143 Å². The quantitative estimate of drug-likeness (QED) is 0.499. The summed E-state index contributed by atoms with van der Waals surface area (Å²) in [5.41, 5.74) is -1.45. The zero-order valence-corrected chi connectivity index (χ0v) is 13.8. The highest BCUT2D eigenvalue weighted by molar-refractivity contribution is 7.93. The van der Waals surface area contributed by atoms with Crippen molar-refractivity contribution in [2.45, 2.75) is 15.3 Å². The summed E-state index contributed by atoms with van der Waals surface area (Å²) in [5.74, 6) is -0.596. The van der Waals surface area contributed by atoms with Crippen LogP contribution in [0.3, 0.4) is 0 Å². The maximum Gasteiger partial charge on any atom is 0.420 e. The van der Waals surface area contributed by atoms with Gasteiger partial charge in [0.15, 0.2) is 0 Å². The van der Waals surface area contributed by atoms with Crippen LogP contribution in [0.2, 0.25) is 0 Å². The Morgan fingerprint density at radius 2 is 1.68 bits per heavy atom. The average Bonchev–Trinajstić information content (AvgIpc) is 3.05. The number of benzene rings is 1. The number of hydrogen-bond acceptors (Lipinski definition) is 5. The lowest BCUT2D eigenvalue weighted by Crippen LogP contribution is -2.08. The van der Waals surface area contributed by atoms with E-state index in [-0.39, 0.29) is 14.0 Å². The minimum absolute atomic E-state index is 0.0374. The lowest BCUT2D eigenvalue weighted by atomic mass is 10.2. The lowest BCUT2D eigenvalue weighted by Gasteiger charge is -2.09. The molecule has 25 heavy (non-hydrogen) atoms. The van der Waals surface area contributed by atoms with Crippen molar-refractivity contribution in [1.29, 1.82) is 0 Å². The molecule has 0 aliphatic carbocycles. The molecule has 0 aliphatic rings. The van der Waals surface area contributed by atoms with E-state index < -0.39 is 33.1 Å². The standard InChI is InChI=1S/C15H8F4N2O2S2/c16-9-1-3-10(4-2-9)25(22,23)13-6-5-12(24-13)14-11(15(17,18)19)7-20-8-21-14/h1-8H. The van der Waals surface area contributed by atoms with E-state index in [1.54, 1.807) is 0 Å². The zero-order chi connectivity index (χ0) is 18.2. The highest BCUT2D eigenvalue weighted by Crippen LogP contribution is 2.39. The number of halogens is 4. The van der Waals surface area contributed by atoms with Crippen LogP contribution in [0.25, 0.3) is 10.6 Å². The van der Waals surface area contributed by atoms with Gasteiger partial charge in [-0.1, -0.05) is 0 Å². The predicted molar refractivity (Wildman–Crippen MR) is 82.2 cm³/mol. The summed E-state index contributed by atoms with van der Waals surface area (Å²) in [4.78, 5) is 6.88. The van der Waals surface area contributed by atoms with Crippen LogP contribution in [0.15, 0.2) is 58.0 Å². The van der Waals surface area contributed by atoms with Crippen molar-refractivity contribution in [2.24, 2.45) is 0 Å². The highest BCUT2D eigenvalue weighted by Gasteiger charge is 2.35. The van der Waals surface area contributed by atoms with Crippen molar-refractivity contribution >= 4 is 21.2 Å². The van der Waals surface area contributed by atoms with Gasteiger partial charge in [0, 0.05) is 6.20 Å². The molecule has 4 nitrogen and oxygen atoms in total. The molecule has 0 bridgehead atoms. The number of alkyl halides is 3. The first-order valence-corrected chi connectivity index (χ1v) is 8.97. The summed E-state index contributed by atoms with van der Waals surface area (Å²) in [5, 5.41) is 0. The van der Waals surface area contributed by atoms with E-state index in [0.717, 1.165) is 30.6 Å². The van der Waals surface area contributed by atoms with Gasteiger partial charge in [-0.25, -0.2) is 22.8 Å². The molecule has 2 heterocycles. The third kappa shape index (κ3) is 3.40. The maximum absolute atomic E-state index is 13.0. The van der Waals surface area contributed by atoms with E-state index >= 15 is 0 Å². The molecule has 2 aromatic heterocycles. The van der Waals surface area contributed by atoms with Gasteiger partial charge >= 0.3 is 6.18 Å². The Hall–Kier alpha value is -2.33. The fourth-order valence-electron chi connectivity index (χ4n) is 2.06. The molecule has 0 aliphatic heterocycles. The second-order valence-electron chi connectivity index (χ2n) is 4.86. The van der Waals surface area contributed by atoms with Crippen LogP contribution in [0, 0.1) is 5.82 Å². The minimum atomic E-state index is -4.67. The number of sulfone groups is 1. The first-order chi connectivity index (χ1) is 11.7. The van der Waals surface area contributed by atoms with Gasteiger partial charge in [-0.2, -0.15) is 13.2 Å². The van der Waals surface area contributed by atoms with Crippen molar-refractivity contribution < 1.29 is 26.0 Å². The third-order valence-electron chi connectivity index (χ3n) is 3.22. The normalized spacial score (nSPS) is 12.3. The minimum Gasteiger partial charge on any atom is -0.244 e. The Bertz CT molecular complexity index is 1010. The summed E-state index contributed by atoms with van der Waals surface area (Å²) < 4.78 is 76.9. The molecule has 3 rings (SSSR count). The monoisotopic (exact) mass is 388 g/mol. The zero-order valence-electron chi connectivity index (χ0n) is 12.2. The first kappa shape index (κ1) is 17.5. The van der Waals surface area contributed by atoms with Crippen molar-refractivity contribution in [1.82, 2.24) is 9.97 Å². The van der Waals surface area contributed by atoms with Gasteiger partial charge in [0.05, 0.1) is 15.5 Å². The van der Waals surface area contributed by atoms with Crippen LogP contribution in [-0.2, 0) is 16.0 Å². The SMILES string of the molecule is O=S(=O)(c1ccc(F)cc1)c1ccc(-c2ncncc2C(F)(F)F)s1. The van der Waals surface area contributed by atoms with Gasteiger partial charge < -0.3 is 0 Å². The molecular weight excluding hydrogens is 380 g/mol. The smallest absolute Gasteiger partial charge is 0.244 e. The van der Waals surface area contributed by atoms with Crippen LogP contribution < -0.4 is 0 Å². The molecule has 0 unspecified atom stereocenters.